The number of carbonyl (C=O) groups is 1. The van der Waals surface area contributed by atoms with E-state index in [9.17, 15) is 39.7 Å². The molecule has 210 valence electrons. The predicted octanol–water partition coefficient (Wildman–Crippen LogP) is 5.62. The Kier molecular flexibility index (Phi) is 8.97. The number of rotatable bonds is 7. The van der Waals surface area contributed by atoms with Gasteiger partial charge < -0.3 is 10.2 Å². The number of hydrogen-bond donors (Lipinski definition) is 2. The molecule has 1 amide bonds. The van der Waals surface area contributed by atoms with Crippen molar-refractivity contribution in [3.63, 3.8) is 0 Å². The van der Waals surface area contributed by atoms with Crippen LogP contribution in [0.15, 0.2) is 36.4 Å². The van der Waals surface area contributed by atoms with Crippen molar-refractivity contribution in [1.82, 2.24) is 5.32 Å². The second-order valence-electron chi connectivity index (χ2n) is 9.02. The zero-order valence-corrected chi connectivity index (χ0v) is 21.2. The van der Waals surface area contributed by atoms with Crippen molar-refractivity contribution in [2.24, 2.45) is 5.92 Å². The molecule has 0 saturated carbocycles. The minimum atomic E-state index is -4.66. The summed E-state index contributed by atoms with van der Waals surface area (Å²) >= 11 is -2.46. The fourth-order valence-corrected chi connectivity index (χ4v) is 4.57. The molecule has 0 aliphatic carbocycles. The van der Waals surface area contributed by atoms with Crippen LogP contribution < -0.4 is 14.5 Å². The van der Waals surface area contributed by atoms with Gasteiger partial charge in [-0.3, -0.25) is 13.7 Å². The average Bonchev–Trinajstić information content (AvgIpc) is 2.85. The highest BCUT2D eigenvalue weighted by molar-refractivity contribution is 7.80. The molecule has 3 rings (SSSR count). The van der Waals surface area contributed by atoms with E-state index in [1.807, 2.05) is 0 Å². The van der Waals surface area contributed by atoms with E-state index >= 15 is 0 Å². The van der Waals surface area contributed by atoms with Gasteiger partial charge in [0.1, 0.15) is 5.82 Å². The van der Waals surface area contributed by atoms with Gasteiger partial charge in [0.25, 0.3) is 11.3 Å². The summed E-state index contributed by atoms with van der Waals surface area (Å²) in [5.74, 6) is -3.82. The lowest BCUT2D eigenvalue weighted by molar-refractivity contribution is -0.179. The number of alkyl halides is 6. The van der Waals surface area contributed by atoms with E-state index in [1.54, 1.807) is 0 Å². The number of amides is 1. The maximum absolute atomic E-state index is 14.4. The number of hydrogen-bond acceptors (Lipinski definition) is 3. The van der Waals surface area contributed by atoms with Gasteiger partial charge in [0, 0.05) is 32.4 Å². The number of nitrogens with one attached hydrogen (secondary N) is 1. The maximum Gasteiger partial charge on any atom is 0.416 e. The molecule has 14 heteroatoms. The Hall–Kier alpha value is -2.87. The minimum absolute atomic E-state index is 0.0869. The third-order valence-electron chi connectivity index (χ3n) is 6.60. The van der Waals surface area contributed by atoms with Crippen LogP contribution in [-0.2, 0) is 28.8 Å². The Morgan fingerprint density at radius 3 is 2.29 bits per heavy atom. The van der Waals surface area contributed by atoms with E-state index in [4.69, 9.17) is 4.55 Å². The predicted molar refractivity (Wildman–Crippen MR) is 128 cm³/mol. The quantitative estimate of drug-likeness (QED) is 0.336. The SMILES string of the molecule is CC(C(=O)NCc1ccc(C(F)(F)F)cc1N1CCC(C(F)(F)F)CC1)c1ccc(N(C)S(=O)O)c(F)c1. The molecule has 38 heavy (non-hydrogen) atoms. The van der Waals surface area contributed by atoms with Gasteiger partial charge in [-0.15, -0.1) is 0 Å². The lowest BCUT2D eigenvalue weighted by Gasteiger charge is -2.35. The molecule has 1 aliphatic rings. The molecule has 1 aliphatic heterocycles. The lowest BCUT2D eigenvalue weighted by atomic mass is 9.95. The Labute approximate surface area is 217 Å². The number of benzene rings is 2. The molecule has 2 aromatic rings. The molecule has 2 atom stereocenters. The molecule has 1 saturated heterocycles. The highest BCUT2D eigenvalue weighted by Crippen LogP contribution is 2.38. The standard InChI is InChI=1S/C24H26F7N3O3S/c1-14(15-4-6-20(19(25)11-15)33(2)38(36)37)22(35)32-13-16-3-5-18(24(29,30)31)12-21(16)34-9-7-17(8-10-34)23(26,27)28/h3-6,11-12,14,17H,7-10,13H2,1-2H3,(H,32,35)(H,36,37). The summed E-state index contributed by atoms with van der Waals surface area (Å²) in [6.07, 6.45) is -9.57. The van der Waals surface area contributed by atoms with E-state index in [-0.39, 0.29) is 55.0 Å². The van der Waals surface area contributed by atoms with Crippen LogP contribution in [-0.4, -0.2) is 41.0 Å². The highest BCUT2D eigenvalue weighted by Gasteiger charge is 2.41. The number of anilines is 2. The smallest absolute Gasteiger partial charge is 0.371 e. The van der Waals surface area contributed by atoms with Gasteiger partial charge in [0.2, 0.25) is 5.91 Å². The summed E-state index contributed by atoms with van der Waals surface area (Å²) in [5, 5.41) is 2.59. The maximum atomic E-state index is 14.4. The third-order valence-corrected chi connectivity index (χ3v) is 7.27. The molecule has 0 bridgehead atoms. The molecule has 1 fully saturated rings. The molecule has 0 aromatic heterocycles. The van der Waals surface area contributed by atoms with Crippen LogP contribution in [0.25, 0.3) is 0 Å². The fourth-order valence-electron chi connectivity index (χ4n) is 4.25. The van der Waals surface area contributed by atoms with Crippen LogP contribution in [0, 0.1) is 11.7 Å². The molecular weight excluding hydrogens is 543 g/mol. The Morgan fingerprint density at radius 2 is 1.76 bits per heavy atom. The van der Waals surface area contributed by atoms with E-state index < -0.39 is 52.7 Å². The molecule has 0 spiro atoms. The van der Waals surface area contributed by atoms with Gasteiger partial charge in [-0.2, -0.15) is 26.3 Å². The summed E-state index contributed by atoms with van der Waals surface area (Å²) in [6.45, 7) is 1.08. The third kappa shape index (κ3) is 6.95. The summed E-state index contributed by atoms with van der Waals surface area (Å²) < 4.78 is 115. The first-order chi connectivity index (χ1) is 17.6. The van der Waals surface area contributed by atoms with Gasteiger partial charge in [-0.25, -0.2) is 8.60 Å². The van der Waals surface area contributed by atoms with E-state index in [1.165, 1.54) is 37.1 Å². The van der Waals surface area contributed by atoms with Crippen LogP contribution in [0.5, 0.6) is 0 Å². The Balaban J connectivity index is 1.77. The number of halogens is 7. The summed E-state index contributed by atoms with van der Waals surface area (Å²) in [7, 11) is 1.21. The van der Waals surface area contributed by atoms with Crippen molar-refractivity contribution in [1.29, 1.82) is 0 Å². The van der Waals surface area contributed by atoms with E-state index in [0.717, 1.165) is 22.5 Å². The van der Waals surface area contributed by atoms with Gasteiger partial charge in [0.05, 0.1) is 23.1 Å². The monoisotopic (exact) mass is 569 g/mol. The first kappa shape index (κ1) is 29.7. The number of nitrogens with zero attached hydrogens (tertiary/aromatic N) is 2. The van der Waals surface area contributed by atoms with Crippen molar-refractivity contribution in [2.75, 3.05) is 29.3 Å². The average molecular weight is 570 g/mol. The van der Waals surface area contributed by atoms with Crippen LogP contribution in [0.1, 0.15) is 42.4 Å². The van der Waals surface area contributed by atoms with Gasteiger partial charge in [0.15, 0.2) is 0 Å². The van der Waals surface area contributed by atoms with Crippen molar-refractivity contribution in [3.8, 4) is 0 Å². The highest BCUT2D eigenvalue weighted by atomic mass is 32.2. The Bertz CT molecular complexity index is 1180. The molecular formula is C24H26F7N3O3S. The van der Waals surface area contributed by atoms with Gasteiger partial charge >= 0.3 is 12.4 Å². The second kappa shape index (κ2) is 11.5. The molecule has 0 radical (unpaired) electrons. The topological polar surface area (TPSA) is 72.9 Å². The van der Waals surface area contributed by atoms with Gasteiger partial charge in [-0.1, -0.05) is 12.1 Å². The van der Waals surface area contributed by atoms with Crippen LogP contribution in [0.2, 0.25) is 0 Å². The number of piperidine rings is 1. The first-order valence-electron chi connectivity index (χ1n) is 11.5. The zero-order valence-electron chi connectivity index (χ0n) is 20.4. The van der Waals surface area contributed by atoms with Crippen LogP contribution in [0.3, 0.4) is 0 Å². The van der Waals surface area contributed by atoms with Gasteiger partial charge in [-0.05, 0) is 55.2 Å². The molecule has 6 nitrogen and oxygen atoms in total. The first-order valence-corrected chi connectivity index (χ1v) is 12.6. The molecule has 2 unspecified atom stereocenters. The largest absolute Gasteiger partial charge is 0.416 e. The zero-order chi connectivity index (χ0) is 28.4. The fraction of sp³-hybridized carbons (Fsp3) is 0.458. The normalized spacial score (nSPS) is 16.7. The summed E-state index contributed by atoms with van der Waals surface area (Å²) in [5.41, 5.74) is -0.492. The summed E-state index contributed by atoms with van der Waals surface area (Å²) in [4.78, 5) is 14.2. The van der Waals surface area contributed by atoms with E-state index in [2.05, 4.69) is 5.32 Å². The minimum Gasteiger partial charge on any atom is -0.371 e. The van der Waals surface area contributed by atoms with E-state index in [0.29, 0.717) is 0 Å². The lowest BCUT2D eigenvalue weighted by Crippen LogP contribution is -2.39. The Morgan fingerprint density at radius 1 is 1.13 bits per heavy atom. The van der Waals surface area contributed by atoms with Crippen molar-refractivity contribution in [2.45, 2.75) is 44.6 Å². The number of carbonyl (C=O) groups excluding carboxylic acids is 1. The van der Waals surface area contributed by atoms with Crippen LogP contribution >= 0.6 is 0 Å². The van der Waals surface area contributed by atoms with Crippen molar-refractivity contribution < 1.29 is 44.3 Å². The van der Waals surface area contributed by atoms with Crippen molar-refractivity contribution >= 4 is 28.5 Å². The molecule has 2 aromatic carbocycles. The summed E-state index contributed by atoms with van der Waals surface area (Å²) in [6, 6.07) is 6.57. The molecule has 2 N–H and O–H groups in total. The second-order valence-corrected chi connectivity index (χ2v) is 10.0. The van der Waals surface area contributed by atoms with Crippen LogP contribution in [0.4, 0.5) is 42.1 Å². The van der Waals surface area contributed by atoms with Crippen molar-refractivity contribution in [3.05, 3.63) is 58.9 Å². The molecule has 1 heterocycles.